The lowest BCUT2D eigenvalue weighted by atomic mass is 9.94. The number of nitrogens with one attached hydrogen (secondary N) is 1. The maximum Gasteiger partial charge on any atom is 0.227 e. The van der Waals surface area contributed by atoms with Crippen LogP contribution in [0.3, 0.4) is 0 Å². The predicted octanol–water partition coefficient (Wildman–Crippen LogP) is 2.06. The summed E-state index contributed by atoms with van der Waals surface area (Å²) in [6, 6.07) is 1.99. The predicted molar refractivity (Wildman–Crippen MR) is 57.0 cm³/mol. The van der Waals surface area contributed by atoms with Crippen LogP contribution in [-0.4, -0.2) is 17.8 Å². The van der Waals surface area contributed by atoms with E-state index in [1.807, 2.05) is 13.0 Å². The average molecular weight is 217 g/mol. The van der Waals surface area contributed by atoms with E-state index in [9.17, 15) is 4.79 Å². The minimum Gasteiger partial charge on any atom is -0.352 e. The second-order valence-corrected chi connectivity index (χ2v) is 4.23. The van der Waals surface area contributed by atoms with Gasteiger partial charge < -0.3 is 5.32 Å². The largest absolute Gasteiger partial charge is 0.352 e. The molecule has 1 N–H and O–H groups in total. The van der Waals surface area contributed by atoms with Crippen LogP contribution in [0.15, 0.2) is 0 Å². The lowest BCUT2D eigenvalue weighted by molar-refractivity contribution is -0.129. The Balaban J connectivity index is 4.23. The highest BCUT2D eigenvalue weighted by atomic mass is 35.5. The van der Waals surface area contributed by atoms with Gasteiger partial charge in [0.25, 0.3) is 0 Å². The molecule has 0 bridgehead atoms. The van der Waals surface area contributed by atoms with Crippen molar-refractivity contribution in [3.8, 4) is 6.07 Å². The van der Waals surface area contributed by atoms with Gasteiger partial charge in [-0.3, -0.25) is 4.79 Å². The van der Waals surface area contributed by atoms with Gasteiger partial charge in [-0.1, -0.05) is 6.92 Å². The van der Waals surface area contributed by atoms with E-state index in [4.69, 9.17) is 16.9 Å². The van der Waals surface area contributed by atoms with Crippen molar-refractivity contribution in [1.29, 1.82) is 5.26 Å². The molecule has 1 amide bonds. The number of carbonyl (C=O) groups excluding carboxylic acids is 1. The van der Waals surface area contributed by atoms with Crippen molar-refractivity contribution < 1.29 is 4.79 Å². The molecule has 3 nitrogen and oxygen atoms in total. The molecule has 1 atom stereocenters. The Bertz CT molecular complexity index is 233. The van der Waals surface area contributed by atoms with Crippen molar-refractivity contribution in [3.05, 3.63) is 0 Å². The summed E-state index contributed by atoms with van der Waals surface area (Å²) in [5, 5.41) is 11.3. The Morgan fingerprint density at radius 2 is 2.21 bits per heavy atom. The maximum atomic E-state index is 11.6. The molecule has 0 aromatic carbocycles. The fraction of sp³-hybridized carbons (Fsp3) is 0.800. The van der Waals surface area contributed by atoms with Crippen LogP contribution in [0.1, 0.15) is 33.6 Å². The van der Waals surface area contributed by atoms with Crippen LogP contribution >= 0.6 is 11.6 Å². The normalized spacial score (nSPS) is 13.1. The molecule has 0 aromatic rings. The summed E-state index contributed by atoms with van der Waals surface area (Å²) in [5.74, 6) is 0.191. The quantitative estimate of drug-likeness (QED) is 0.716. The van der Waals surface area contributed by atoms with Crippen LogP contribution in [0.2, 0.25) is 0 Å². The zero-order chi connectivity index (χ0) is 11.2. The molecule has 0 saturated carbocycles. The summed E-state index contributed by atoms with van der Waals surface area (Å²) in [6.45, 7) is 5.51. The molecular formula is C10H17ClN2O. The molecule has 1 unspecified atom stereocenters. The Labute approximate surface area is 90.4 Å². The zero-order valence-electron chi connectivity index (χ0n) is 8.93. The molecule has 0 aliphatic carbocycles. The molecule has 0 heterocycles. The molecule has 0 rings (SSSR count). The Morgan fingerprint density at radius 3 is 2.57 bits per heavy atom. The van der Waals surface area contributed by atoms with E-state index in [0.717, 1.165) is 6.42 Å². The van der Waals surface area contributed by atoms with Crippen molar-refractivity contribution in [2.24, 2.45) is 5.41 Å². The summed E-state index contributed by atoms with van der Waals surface area (Å²) < 4.78 is 0. The fourth-order valence-electron chi connectivity index (χ4n) is 0.849. The maximum absolute atomic E-state index is 11.6. The van der Waals surface area contributed by atoms with Crippen LogP contribution in [0.25, 0.3) is 0 Å². The minimum absolute atomic E-state index is 0.0602. The van der Waals surface area contributed by atoms with Gasteiger partial charge in [-0.05, 0) is 20.3 Å². The molecule has 80 valence electrons. The average Bonchev–Trinajstić information content (AvgIpc) is 2.16. The standard InChI is InChI=1S/C10H17ClN2O/c1-4-8(5-6-12)13-9(14)10(2,3)7-11/h8H,4-5,7H2,1-3H3,(H,13,14). The molecule has 0 aromatic heterocycles. The third kappa shape index (κ3) is 3.97. The number of rotatable bonds is 5. The first kappa shape index (κ1) is 13.2. The summed E-state index contributed by atoms with van der Waals surface area (Å²) in [5.41, 5.74) is -0.565. The second kappa shape index (κ2) is 5.87. The molecule has 0 radical (unpaired) electrons. The first-order valence-electron chi connectivity index (χ1n) is 4.71. The van der Waals surface area contributed by atoms with E-state index in [1.165, 1.54) is 0 Å². The molecule has 0 spiro atoms. The smallest absolute Gasteiger partial charge is 0.227 e. The number of carbonyl (C=O) groups is 1. The number of alkyl halides is 1. The van der Waals surface area contributed by atoms with Crippen LogP contribution in [-0.2, 0) is 4.79 Å². The SMILES string of the molecule is CCC(CC#N)NC(=O)C(C)(C)CCl. The highest BCUT2D eigenvalue weighted by Gasteiger charge is 2.27. The molecular weight excluding hydrogens is 200 g/mol. The second-order valence-electron chi connectivity index (χ2n) is 3.96. The Morgan fingerprint density at radius 1 is 1.64 bits per heavy atom. The zero-order valence-corrected chi connectivity index (χ0v) is 9.69. The topological polar surface area (TPSA) is 52.9 Å². The van der Waals surface area contributed by atoms with Gasteiger partial charge >= 0.3 is 0 Å². The first-order chi connectivity index (χ1) is 6.47. The van der Waals surface area contributed by atoms with Gasteiger partial charge in [0.1, 0.15) is 0 Å². The summed E-state index contributed by atoms with van der Waals surface area (Å²) in [4.78, 5) is 11.6. The number of nitrogens with zero attached hydrogens (tertiary/aromatic N) is 1. The summed E-state index contributed by atoms with van der Waals surface area (Å²) >= 11 is 5.67. The van der Waals surface area contributed by atoms with E-state index in [1.54, 1.807) is 13.8 Å². The van der Waals surface area contributed by atoms with E-state index in [0.29, 0.717) is 6.42 Å². The lowest BCUT2D eigenvalue weighted by Crippen LogP contribution is -2.43. The molecule has 4 heteroatoms. The first-order valence-corrected chi connectivity index (χ1v) is 5.25. The molecule has 0 saturated heterocycles. The van der Waals surface area contributed by atoms with Crippen LogP contribution < -0.4 is 5.32 Å². The molecule has 0 aliphatic heterocycles. The van der Waals surface area contributed by atoms with Gasteiger partial charge in [-0.2, -0.15) is 5.26 Å². The fourth-order valence-corrected chi connectivity index (χ4v) is 0.970. The van der Waals surface area contributed by atoms with Gasteiger partial charge in [0.15, 0.2) is 0 Å². The summed E-state index contributed by atoms with van der Waals surface area (Å²) in [6.07, 6.45) is 1.11. The van der Waals surface area contributed by atoms with Gasteiger partial charge in [0, 0.05) is 11.9 Å². The van der Waals surface area contributed by atoms with E-state index in [2.05, 4.69) is 5.32 Å². The van der Waals surface area contributed by atoms with E-state index in [-0.39, 0.29) is 17.8 Å². The van der Waals surface area contributed by atoms with Crippen LogP contribution in [0.4, 0.5) is 0 Å². The number of hydrogen-bond acceptors (Lipinski definition) is 2. The van der Waals surface area contributed by atoms with Gasteiger partial charge in [0.05, 0.1) is 17.9 Å². The van der Waals surface area contributed by atoms with Crippen molar-refractivity contribution in [3.63, 3.8) is 0 Å². The van der Waals surface area contributed by atoms with Crippen molar-refractivity contribution in [2.45, 2.75) is 39.7 Å². The third-order valence-electron chi connectivity index (χ3n) is 2.11. The lowest BCUT2D eigenvalue weighted by Gasteiger charge is -2.23. The molecule has 0 aliphatic rings. The van der Waals surface area contributed by atoms with Gasteiger partial charge in [-0.15, -0.1) is 11.6 Å². The number of halogens is 1. The molecule has 14 heavy (non-hydrogen) atoms. The Hall–Kier alpha value is -0.750. The van der Waals surface area contributed by atoms with E-state index >= 15 is 0 Å². The van der Waals surface area contributed by atoms with Crippen molar-refractivity contribution in [1.82, 2.24) is 5.32 Å². The van der Waals surface area contributed by atoms with Gasteiger partial charge in [-0.25, -0.2) is 0 Å². The highest BCUT2D eigenvalue weighted by Crippen LogP contribution is 2.17. The van der Waals surface area contributed by atoms with Crippen molar-refractivity contribution in [2.75, 3.05) is 5.88 Å². The molecule has 0 fully saturated rings. The number of hydrogen-bond donors (Lipinski definition) is 1. The van der Waals surface area contributed by atoms with Crippen LogP contribution in [0, 0.1) is 16.7 Å². The highest BCUT2D eigenvalue weighted by molar-refractivity contribution is 6.19. The Kier molecular flexibility index (Phi) is 5.56. The number of amides is 1. The summed E-state index contributed by atoms with van der Waals surface area (Å²) in [7, 11) is 0. The van der Waals surface area contributed by atoms with Crippen LogP contribution in [0.5, 0.6) is 0 Å². The van der Waals surface area contributed by atoms with Crippen molar-refractivity contribution >= 4 is 17.5 Å². The third-order valence-corrected chi connectivity index (χ3v) is 2.78. The van der Waals surface area contributed by atoms with Gasteiger partial charge in [0.2, 0.25) is 5.91 Å². The minimum atomic E-state index is -0.565. The van der Waals surface area contributed by atoms with E-state index < -0.39 is 5.41 Å². The monoisotopic (exact) mass is 216 g/mol. The number of nitriles is 1.